The van der Waals surface area contributed by atoms with Crippen molar-refractivity contribution in [2.75, 3.05) is 19.8 Å². The summed E-state index contributed by atoms with van der Waals surface area (Å²) in [6, 6.07) is 0. The minimum Gasteiger partial charge on any atom is -0.394 e. The molecule has 0 spiro atoms. The molecular formula is C35H73O6P. The summed E-state index contributed by atoms with van der Waals surface area (Å²) < 4.78 is 23.2. The van der Waals surface area contributed by atoms with E-state index in [1.54, 1.807) is 0 Å². The Bertz CT molecular complexity index is 576. The molecule has 0 saturated carbocycles. The summed E-state index contributed by atoms with van der Waals surface area (Å²) in [4.78, 5) is 10.2. The van der Waals surface area contributed by atoms with E-state index in [-0.39, 0.29) is 6.61 Å². The van der Waals surface area contributed by atoms with Gasteiger partial charge in [-0.25, -0.2) is 0 Å². The van der Waals surface area contributed by atoms with Gasteiger partial charge in [0, 0.05) is 6.61 Å². The van der Waals surface area contributed by atoms with Crippen molar-refractivity contribution in [3.63, 3.8) is 0 Å². The fourth-order valence-corrected chi connectivity index (χ4v) is 6.69. The second-order valence-electron chi connectivity index (χ2n) is 12.6. The van der Waals surface area contributed by atoms with Crippen LogP contribution in [0.4, 0.5) is 0 Å². The molecule has 7 heteroatoms. The summed E-state index contributed by atoms with van der Waals surface area (Å²) in [6.45, 7) is 4.51. The molecule has 0 amide bonds. The van der Waals surface area contributed by atoms with Crippen molar-refractivity contribution in [3.05, 3.63) is 0 Å². The van der Waals surface area contributed by atoms with Crippen LogP contribution >= 0.6 is 7.60 Å². The van der Waals surface area contributed by atoms with E-state index in [1.165, 1.54) is 141 Å². The maximum atomic E-state index is 12.5. The summed E-state index contributed by atoms with van der Waals surface area (Å²) in [7, 11) is -4.26. The molecule has 0 aliphatic carbocycles. The first-order chi connectivity index (χ1) is 20.5. The predicted molar refractivity (Wildman–Crippen MR) is 179 cm³/mol. The van der Waals surface area contributed by atoms with Gasteiger partial charge in [0.2, 0.25) is 0 Å². The largest absolute Gasteiger partial charge is 0.394 e. The van der Waals surface area contributed by atoms with Gasteiger partial charge < -0.3 is 24.4 Å². The van der Waals surface area contributed by atoms with Crippen LogP contribution in [0.15, 0.2) is 0 Å². The van der Waals surface area contributed by atoms with Gasteiger partial charge in [-0.15, -0.1) is 0 Å². The van der Waals surface area contributed by atoms with E-state index >= 15 is 0 Å². The lowest BCUT2D eigenvalue weighted by Crippen LogP contribution is -2.33. The monoisotopic (exact) mass is 621 g/mol. The Hall–Kier alpha value is 0.0300. The first-order valence-corrected chi connectivity index (χ1v) is 20.0. The van der Waals surface area contributed by atoms with Gasteiger partial charge in [0.1, 0.15) is 6.10 Å². The highest BCUT2D eigenvalue weighted by atomic mass is 31.2. The summed E-state index contributed by atoms with van der Waals surface area (Å²) >= 11 is 0. The number of hydrogen-bond donors (Lipinski definition) is 3. The van der Waals surface area contributed by atoms with E-state index in [0.717, 1.165) is 32.1 Å². The third kappa shape index (κ3) is 27.6. The van der Waals surface area contributed by atoms with E-state index in [0.29, 0.717) is 13.0 Å². The van der Waals surface area contributed by atoms with Gasteiger partial charge in [-0.3, -0.25) is 4.57 Å². The minimum absolute atomic E-state index is 0.139. The fraction of sp³-hybridized carbons (Fsp3) is 1.00. The van der Waals surface area contributed by atoms with Gasteiger partial charge in [-0.1, -0.05) is 181 Å². The van der Waals surface area contributed by atoms with Crippen LogP contribution in [0, 0.1) is 0 Å². The zero-order chi connectivity index (χ0) is 31.0. The lowest BCUT2D eigenvalue weighted by atomic mass is 10.0. The van der Waals surface area contributed by atoms with E-state index < -0.39 is 26.2 Å². The lowest BCUT2D eigenvalue weighted by Gasteiger charge is -2.25. The van der Waals surface area contributed by atoms with Crippen molar-refractivity contribution in [2.45, 2.75) is 206 Å². The van der Waals surface area contributed by atoms with E-state index in [2.05, 4.69) is 13.8 Å². The molecule has 0 bridgehead atoms. The number of unbranched alkanes of at least 4 members (excludes halogenated alkanes) is 26. The average Bonchev–Trinajstić information content (AvgIpc) is 2.98. The molecule has 0 aromatic rings. The van der Waals surface area contributed by atoms with Crippen molar-refractivity contribution in [1.82, 2.24) is 0 Å². The van der Waals surface area contributed by atoms with Crippen molar-refractivity contribution in [1.29, 1.82) is 0 Å². The van der Waals surface area contributed by atoms with Gasteiger partial charge in [0.15, 0.2) is 5.85 Å². The minimum atomic E-state index is -4.26. The molecule has 0 rings (SSSR count). The van der Waals surface area contributed by atoms with Crippen molar-refractivity contribution in [2.24, 2.45) is 0 Å². The van der Waals surface area contributed by atoms with E-state index in [1.807, 2.05) is 0 Å². The van der Waals surface area contributed by atoms with Crippen LogP contribution in [0.3, 0.4) is 0 Å². The Labute approximate surface area is 261 Å². The van der Waals surface area contributed by atoms with Crippen LogP contribution in [0.2, 0.25) is 0 Å². The molecule has 3 atom stereocenters. The first kappa shape index (κ1) is 42.0. The van der Waals surface area contributed by atoms with Crippen molar-refractivity contribution in [3.8, 4) is 0 Å². The number of aliphatic hydroxyl groups excluding tert-OH is 2. The summed E-state index contributed by atoms with van der Waals surface area (Å²) in [5, 5.41) is 20.0. The van der Waals surface area contributed by atoms with Crippen LogP contribution in [0.5, 0.6) is 0 Å². The molecule has 0 saturated heterocycles. The molecule has 0 aromatic carbocycles. The Morgan fingerprint density at radius 2 is 0.786 bits per heavy atom. The quantitative estimate of drug-likeness (QED) is 0.0482. The molecule has 0 aliphatic rings. The highest BCUT2D eigenvalue weighted by Crippen LogP contribution is 2.48. The molecule has 3 N–H and O–H groups in total. The molecular weight excluding hydrogens is 547 g/mol. The maximum absolute atomic E-state index is 12.5. The van der Waals surface area contributed by atoms with Gasteiger partial charge in [0.25, 0.3) is 0 Å². The summed E-state index contributed by atoms with van der Waals surface area (Å²) in [6.07, 6.45) is 34.0. The van der Waals surface area contributed by atoms with Crippen LogP contribution in [0.25, 0.3) is 0 Å². The number of rotatable bonds is 35. The van der Waals surface area contributed by atoms with Crippen LogP contribution in [0.1, 0.15) is 194 Å². The average molecular weight is 621 g/mol. The van der Waals surface area contributed by atoms with Crippen LogP contribution < -0.4 is 0 Å². The molecule has 0 heterocycles. The highest BCUT2D eigenvalue weighted by molar-refractivity contribution is 7.53. The third-order valence-corrected chi connectivity index (χ3v) is 10.0. The van der Waals surface area contributed by atoms with E-state index in [4.69, 9.17) is 9.26 Å². The highest BCUT2D eigenvalue weighted by Gasteiger charge is 2.37. The lowest BCUT2D eigenvalue weighted by molar-refractivity contribution is -0.0447. The molecule has 254 valence electrons. The zero-order valence-corrected chi connectivity index (χ0v) is 29.0. The van der Waals surface area contributed by atoms with Crippen molar-refractivity contribution < 1.29 is 28.9 Å². The Morgan fingerprint density at radius 1 is 0.500 bits per heavy atom. The fourth-order valence-electron chi connectivity index (χ4n) is 5.54. The second-order valence-corrected chi connectivity index (χ2v) is 14.5. The first-order valence-electron chi connectivity index (χ1n) is 18.4. The third-order valence-electron chi connectivity index (χ3n) is 8.45. The van der Waals surface area contributed by atoms with Gasteiger partial charge in [-0.05, 0) is 12.8 Å². The van der Waals surface area contributed by atoms with Crippen LogP contribution in [-0.2, 0) is 13.8 Å². The van der Waals surface area contributed by atoms with Gasteiger partial charge in [0.05, 0.1) is 13.2 Å². The number of ether oxygens (including phenoxy) is 1. The number of hydrogen-bond acceptors (Lipinski definition) is 5. The molecule has 0 aliphatic heterocycles. The molecule has 6 nitrogen and oxygen atoms in total. The molecule has 3 unspecified atom stereocenters. The molecule has 0 fully saturated rings. The zero-order valence-electron chi connectivity index (χ0n) is 28.1. The van der Waals surface area contributed by atoms with Gasteiger partial charge in [-0.2, -0.15) is 0 Å². The second kappa shape index (κ2) is 32.4. The standard InChI is InChI=1S/C35H73O6P/c1-3-5-7-9-11-13-15-17-19-21-23-25-27-29-31-40-34(33-36)35(37)42(38,39)41-32-30-28-26-24-22-20-18-16-14-12-10-8-6-4-2/h34-37H,3-33H2,1-2H3,(H,38,39). The molecule has 42 heavy (non-hydrogen) atoms. The predicted octanol–water partition coefficient (Wildman–Crippen LogP) is 10.8. The Kier molecular flexibility index (Phi) is 32.4. The molecule has 0 aromatic heterocycles. The van der Waals surface area contributed by atoms with E-state index in [9.17, 15) is 19.7 Å². The maximum Gasteiger partial charge on any atom is 0.359 e. The SMILES string of the molecule is CCCCCCCCCCCCCCCCOC(CO)C(O)P(=O)(O)OCCCCCCCCCCCCCCCC. The van der Waals surface area contributed by atoms with Gasteiger partial charge >= 0.3 is 7.60 Å². The molecule has 0 radical (unpaired) electrons. The Balaban J connectivity index is 3.66. The summed E-state index contributed by atoms with van der Waals surface area (Å²) in [5.41, 5.74) is 0. The normalized spacial score (nSPS) is 14.7. The Morgan fingerprint density at radius 3 is 1.10 bits per heavy atom. The number of aliphatic hydroxyl groups is 2. The van der Waals surface area contributed by atoms with Crippen LogP contribution in [-0.4, -0.2) is 46.9 Å². The smallest absolute Gasteiger partial charge is 0.359 e. The van der Waals surface area contributed by atoms with Crippen molar-refractivity contribution >= 4 is 7.60 Å². The summed E-state index contributed by atoms with van der Waals surface area (Å²) in [5.74, 6) is -1.72. The topological polar surface area (TPSA) is 96.2 Å².